The van der Waals surface area contributed by atoms with Crippen LogP contribution in [0, 0.1) is 5.92 Å². The van der Waals surface area contributed by atoms with Gasteiger partial charge in [0.25, 0.3) is 0 Å². The van der Waals surface area contributed by atoms with Crippen molar-refractivity contribution in [2.45, 2.75) is 32.7 Å². The van der Waals surface area contributed by atoms with Crippen molar-refractivity contribution in [2.24, 2.45) is 5.92 Å². The number of ether oxygens (including phenoxy) is 1. The van der Waals surface area contributed by atoms with Crippen molar-refractivity contribution in [2.75, 3.05) is 36.5 Å². The summed E-state index contributed by atoms with van der Waals surface area (Å²) in [6.07, 6.45) is 3.76. The minimum Gasteiger partial charge on any atom is -0.466 e. The molecule has 0 bridgehead atoms. The quantitative estimate of drug-likeness (QED) is 0.535. The smallest absolute Gasteiger partial charge is 0.322 e. The van der Waals surface area contributed by atoms with E-state index in [1.54, 1.807) is 6.33 Å². The number of piperidine rings is 1. The van der Waals surface area contributed by atoms with Gasteiger partial charge in [-0.1, -0.05) is 48.5 Å². The number of esters is 1. The molecule has 1 saturated heterocycles. The summed E-state index contributed by atoms with van der Waals surface area (Å²) in [5, 5.41) is 3.12. The highest BCUT2D eigenvalue weighted by atomic mass is 16.5. The highest BCUT2D eigenvalue weighted by molar-refractivity contribution is 5.94. The van der Waals surface area contributed by atoms with Crippen molar-refractivity contribution < 1.29 is 14.3 Å². The number of nitrogens with zero attached hydrogens (tertiary/aromatic N) is 4. The fourth-order valence-electron chi connectivity index (χ4n) is 5.02. The fraction of sp³-hybridized carbons (Fsp3) is 0.357. The molecule has 8 nitrogen and oxygen atoms in total. The molecule has 0 radical (unpaired) electrons. The highest BCUT2D eigenvalue weighted by Crippen LogP contribution is 2.31. The second-order valence-corrected chi connectivity index (χ2v) is 9.15. The van der Waals surface area contributed by atoms with Gasteiger partial charge >= 0.3 is 12.0 Å². The van der Waals surface area contributed by atoms with E-state index in [0.29, 0.717) is 26.1 Å². The minimum absolute atomic E-state index is 0.0641. The second-order valence-electron chi connectivity index (χ2n) is 9.15. The average molecular weight is 486 g/mol. The molecule has 5 rings (SSSR count). The van der Waals surface area contributed by atoms with E-state index in [2.05, 4.69) is 20.2 Å². The Morgan fingerprint density at radius 3 is 2.53 bits per heavy atom. The first-order valence-electron chi connectivity index (χ1n) is 12.6. The van der Waals surface area contributed by atoms with E-state index in [1.165, 1.54) is 0 Å². The van der Waals surface area contributed by atoms with Gasteiger partial charge in [0.15, 0.2) is 0 Å². The number of rotatable bonds is 5. The molecule has 36 heavy (non-hydrogen) atoms. The Hall–Kier alpha value is -3.94. The number of nitrogens with one attached hydrogen (secondary N) is 1. The number of aromatic nitrogens is 2. The van der Waals surface area contributed by atoms with E-state index >= 15 is 0 Å². The zero-order chi connectivity index (χ0) is 24.9. The number of para-hydroxylation sites is 1. The number of fused-ring (bicyclic) bond motifs is 1. The lowest BCUT2D eigenvalue weighted by molar-refractivity contribution is -0.148. The van der Waals surface area contributed by atoms with Gasteiger partial charge in [-0.05, 0) is 31.4 Å². The summed E-state index contributed by atoms with van der Waals surface area (Å²) < 4.78 is 5.20. The summed E-state index contributed by atoms with van der Waals surface area (Å²) in [4.78, 5) is 38.6. The molecule has 0 atom stereocenters. The molecule has 3 heterocycles. The van der Waals surface area contributed by atoms with Gasteiger partial charge in [-0.25, -0.2) is 14.8 Å². The molecule has 2 aliphatic heterocycles. The van der Waals surface area contributed by atoms with E-state index in [0.717, 1.165) is 59.8 Å². The normalized spacial score (nSPS) is 15.8. The highest BCUT2D eigenvalue weighted by Gasteiger charge is 2.31. The van der Waals surface area contributed by atoms with Crippen molar-refractivity contribution in [1.82, 2.24) is 14.9 Å². The number of amides is 2. The van der Waals surface area contributed by atoms with Crippen LogP contribution in [0.1, 0.15) is 31.0 Å². The van der Waals surface area contributed by atoms with E-state index in [4.69, 9.17) is 4.74 Å². The maximum absolute atomic E-state index is 13.3. The lowest BCUT2D eigenvalue weighted by atomic mass is 9.96. The zero-order valence-corrected chi connectivity index (χ0v) is 20.5. The van der Waals surface area contributed by atoms with Gasteiger partial charge in [0.1, 0.15) is 12.1 Å². The molecule has 1 fully saturated rings. The van der Waals surface area contributed by atoms with Crippen LogP contribution < -0.4 is 10.2 Å². The third-order valence-electron chi connectivity index (χ3n) is 6.93. The molecule has 1 N–H and O–H groups in total. The van der Waals surface area contributed by atoms with E-state index in [9.17, 15) is 9.59 Å². The Bertz CT molecular complexity index is 1220. The lowest BCUT2D eigenvalue weighted by Crippen LogP contribution is -2.42. The average Bonchev–Trinajstić information content (AvgIpc) is 2.93. The first-order valence-corrected chi connectivity index (χ1v) is 12.6. The summed E-state index contributed by atoms with van der Waals surface area (Å²) in [6.45, 7) is 4.73. The largest absolute Gasteiger partial charge is 0.466 e. The van der Waals surface area contributed by atoms with Gasteiger partial charge in [-0.3, -0.25) is 4.79 Å². The minimum atomic E-state index is -0.139. The van der Waals surface area contributed by atoms with Gasteiger partial charge in [0.2, 0.25) is 0 Å². The van der Waals surface area contributed by atoms with Crippen LogP contribution in [0.2, 0.25) is 0 Å². The summed E-state index contributed by atoms with van der Waals surface area (Å²) in [5.74, 6) is 0.691. The molecule has 0 unspecified atom stereocenters. The van der Waals surface area contributed by atoms with Gasteiger partial charge in [0, 0.05) is 37.2 Å². The maximum atomic E-state index is 13.3. The number of carbonyl (C=O) groups excluding carboxylic acids is 2. The molecule has 2 amide bonds. The third-order valence-corrected chi connectivity index (χ3v) is 6.93. The van der Waals surface area contributed by atoms with Crippen LogP contribution in [0.3, 0.4) is 0 Å². The van der Waals surface area contributed by atoms with Crippen LogP contribution in [0.5, 0.6) is 0 Å². The number of carbonyl (C=O) groups is 2. The van der Waals surface area contributed by atoms with E-state index in [-0.39, 0.29) is 17.9 Å². The molecule has 8 heteroatoms. The topological polar surface area (TPSA) is 87.7 Å². The molecule has 0 spiro atoms. The molecule has 2 aromatic carbocycles. The van der Waals surface area contributed by atoms with Gasteiger partial charge in [-0.15, -0.1) is 0 Å². The molecule has 2 aliphatic rings. The van der Waals surface area contributed by atoms with Crippen LogP contribution >= 0.6 is 0 Å². The summed E-state index contributed by atoms with van der Waals surface area (Å²) >= 11 is 0. The van der Waals surface area contributed by atoms with Crippen molar-refractivity contribution in [3.63, 3.8) is 0 Å². The van der Waals surface area contributed by atoms with Crippen LogP contribution in [-0.4, -0.2) is 53.1 Å². The van der Waals surface area contributed by atoms with Gasteiger partial charge < -0.3 is 19.9 Å². The van der Waals surface area contributed by atoms with E-state index < -0.39 is 0 Å². The predicted molar refractivity (Wildman–Crippen MR) is 139 cm³/mol. The Morgan fingerprint density at radius 1 is 1.00 bits per heavy atom. The van der Waals surface area contributed by atoms with Crippen molar-refractivity contribution in [3.05, 3.63) is 72.2 Å². The van der Waals surface area contributed by atoms with Crippen molar-refractivity contribution in [3.8, 4) is 11.1 Å². The zero-order valence-electron chi connectivity index (χ0n) is 20.5. The molecule has 186 valence electrons. The SMILES string of the molecule is CCOC(=O)C1CCN(c2ncnc3c2CN(C(=O)Nc2ccccc2-c2ccccc2)CC3)CC1. The molecule has 0 saturated carbocycles. The maximum Gasteiger partial charge on any atom is 0.322 e. The summed E-state index contributed by atoms with van der Waals surface area (Å²) in [6, 6.07) is 17.8. The molecule has 0 aliphatic carbocycles. The molecular formula is C28H31N5O3. The molecule has 1 aromatic heterocycles. The van der Waals surface area contributed by atoms with Crippen LogP contribution in [0.4, 0.5) is 16.3 Å². The van der Waals surface area contributed by atoms with Crippen LogP contribution in [-0.2, 0) is 22.5 Å². The van der Waals surface area contributed by atoms with Crippen molar-refractivity contribution in [1.29, 1.82) is 0 Å². The number of anilines is 2. The van der Waals surface area contributed by atoms with Crippen LogP contribution in [0.15, 0.2) is 60.9 Å². The van der Waals surface area contributed by atoms with E-state index in [1.807, 2.05) is 66.4 Å². The Labute approximate surface area is 211 Å². The number of urea groups is 1. The predicted octanol–water partition coefficient (Wildman–Crippen LogP) is 4.51. The van der Waals surface area contributed by atoms with Crippen LogP contribution in [0.25, 0.3) is 11.1 Å². The summed E-state index contributed by atoms with van der Waals surface area (Å²) in [5.41, 5.74) is 4.80. The molecule has 3 aromatic rings. The summed E-state index contributed by atoms with van der Waals surface area (Å²) in [7, 11) is 0. The third kappa shape index (κ3) is 5.03. The fourth-order valence-corrected chi connectivity index (χ4v) is 5.02. The Morgan fingerprint density at radius 2 is 1.75 bits per heavy atom. The Kier molecular flexibility index (Phi) is 7.11. The standard InChI is InChI=1S/C28H31N5O3/c1-2-36-27(34)21-12-15-32(16-13-21)26-23-18-33(17-14-24(23)29-19-30-26)28(35)31-25-11-7-6-10-22(25)20-8-4-3-5-9-20/h3-11,19,21H,2,12-18H2,1H3,(H,31,35). The monoisotopic (exact) mass is 485 g/mol. The van der Waals surface area contributed by atoms with Gasteiger partial charge in [-0.2, -0.15) is 0 Å². The first-order chi connectivity index (χ1) is 17.6. The molecular weight excluding hydrogens is 454 g/mol. The van der Waals surface area contributed by atoms with Crippen molar-refractivity contribution >= 4 is 23.5 Å². The number of benzene rings is 2. The Balaban J connectivity index is 1.30. The lowest BCUT2D eigenvalue weighted by Gasteiger charge is -2.35. The number of hydrogen-bond acceptors (Lipinski definition) is 6. The second kappa shape index (κ2) is 10.8. The first kappa shape index (κ1) is 23.8. The van der Waals surface area contributed by atoms with Gasteiger partial charge in [0.05, 0.1) is 30.5 Å². The number of hydrogen-bond donors (Lipinski definition) is 1.